The van der Waals surface area contributed by atoms with Gasteiger partial charge in [-0.05, 0) is 30.0 Å². The number of hydrogen-bond donors (Lipinski definition) is 1. The molecule has 0 amide bonds. The Bertz CT molecular complexity index is 324. The van der Waals surface area contributed by atoms with Crippen molar-refractivity contribution < 1.29 is 5.11 Å². The van der Waals surface area contributed by atoms with Crippen molar-refractivity contribution in [3.05, 3.63) is 35.9 Å². The molecule has 13 heavy (non-hydrogen) atoms. The molecule has 0 radical (unpaired) electrons. The summed E-state index contributed by atoms with van der Waals surface area (Å²) < 4.78 is 0. The van der Waals surface area contributed by atoms with Gasteiger partial charge in [-0.15, -0.1) is 0 Å². The van der Waals surface area contributed by atoms with Gasteiger partial charge in [0.2, 0.25) is 0 Å². The predicted octanol–water partition coefficient (Wildman–Crippen LogP) is 3.37. The molecule has 0 fully saturated rings. The quantitative estimate of drug-likeness (QED) is 0.732. The van der Waals surface area contributed by atoms with Gasteiger partial charge in [0.15, 0.2) is 0 Å². The van der Waals surface area contributed by atoms with Crippen LogP contribution in [0.15, 0.2) is 24.8 Å². The van der Waals surface area contributed by atoms with Crippen LogP contribution in [0.2, 0.25) is 0 Å². The first-order valence-electron chi connectivity index (χ1n) is 4.51. The molecule has 1 rings (SSSR count). The second-order valence-corrected chi connectivity index (χ2v) is 3.70. The molecule has 1 aromatic carbocycles. The Kier molecular flexibility index (Phi) is 2.76. The number of aryl methyl sites for hydroxylation is 1. The molecule has 1 aromatic rings. The first kappa shape index (κ1) is 9.85. The van der Waals surface area contributed by atoms with Crippen molar-refractivity contribution in [1.82, 2.24) is 0 Å². The lowest BCUT2D eigenvalue weighted by atomic mass is 9.95. The van der Waals surface area contributed by atoms with E-state index in [1.165, 1.54) is 0 Å². The van der Waals surface area contributed by atoms with Crippen LogP contribution in [0.4, 0.5) is 0 Å². The van der Waals surface area contributed by atoms with Gasteiger partial charge in [-0.1, -0.05) is 32.6 Å². The van der Waals surface area contributed by atoms with E-state index in [4.69, 9.17) is 0 Å². The van der Waals surface area contributed by atoms with Gasteiger partial charge in [-0.3, -0.25) is 0 Å². The molecule has 70 valence electrons. The van der Waals surface area contributed by atoms with E-state index in [1.54, 1.807) is 6.07 Å². The highest BCUT2D eigenvalue weighted by molar-refractivity contribution is 5.69. The number of phenolic OH excluding ortho intramolecular Hbond substituents is 1. The molecule has 1 heteroatoms. The highest BCUT2D eigenvalue weighted by atomic mass is 16.3. The average molecular weight is 176 g/mol. The SMILES string of the molecule is C=C(c1ccc(C)cc1O)C(C)C. The number of allylic oxidation sites excluding steroid dienone is 1. The van der Waals surface area contributed by atoms with Crippen LogP contribution in [-0.2, 0) is 0 Å². The second kappa shape index (κ2) is 3.65. The van der Waals surface area contributed by atoms with Gasteiger partial charge in [0.1, 0.15) is 5.75 Å². The number of phenols is 1. The summed E-state index contributed by atoms with van der Waals surface area (Å²) in [5.74, 6) is 0.701. The van der Waals surface area contributed by atoms with E-state index >= 15 is 0 Å². The lowest BCUT2D eigenvalue weighted by Crippen LogP contribution is -1.92. The Morgan fingerprint density at radius 2 is 2.00 bits per heavy atom. The first-order chi connectivity index (χ1) is 6.02. The summed E-state index contributed by atoms with van der Waals surface area (Å²) in [5, 5.41) is 9.65. The lowest BCUT2D eigenvalue weighted by molar-refractivity contribution is 0.472. The molecule has 0 saturated heterocycles. The van der Waals surface area contributed by atoms with Crippen LogP contribution in [0.25, 0.3) is 5.57 Å². The molecule has 0 bridgehead atoms. The van der Waals surface area contributed by atoms with Gasteiger partial charge in [-0.2, -0.15) is 0 Å². The molecule has 0 aromatic heterocycles. The maximum Gasteiger partial charge on any atom is 0.123 e. The van der Waals surface area contributed by atoms with Crippen molar-refractivity contribution in [2.75, 3.05) is 0 Å². The first-order valence-corrected chi connectivity index (χ1v) is 4.51. The van der Waals surface area contributed by atoms with Crippen molar-refractivity contribution in [2.24, 2.45) is 5.92 Å². The van der Waals surface area contributed by atoms with E-state index < -0.39 is 0 Å². The summed E-state index contributed by atoms with van der Waals surface area (Å²) >= 11 is 0. The van der Waals surface area contributed by atoms with Crippen LogP contribution in [0, 0.1) is 12.8 Å². The Labute approximate surface area is 79.7 Å². The highest BCUT2D eigenvalue weighted by Gasteiger charge is 2.07. The van der Waals surface area contributed by atoms with Crippen LogP contribution >= 0.6 is 0 Å². The van der Waals surface area contributed by atoms with Gasteiger partial charge in [0, 0.05) is 5.56 Å². The third-order valence-electron chi connectivity index (χ3n) is 2.20. The number of rotatable bonds is 2. The monoisotopic (exact) mass is 176 g/mol. The molecule has 1 N–H and O–H groups in total. The highest BCUT2D eigenvalue weighted by Crippen LogP contribution is 2.29. The van der Waals surface area contributed by atoms with E-state index in [1.807, 2.05) is 19.1 Å². The summed E-state index contributed by atoms with van der Waals surface area (Å²) in [6.45, 7) is 10.1. The Morgan fingerprint density at radius 3 is 2.46 bits per heavy atom. The zero-order chi connectivity index (χ0) is 10.0. The Hall–Kier alpha value is -1.24. The van der Waals surface area contributed by atoms with Crippen molar-refractivity contribution in [3.63, 3.8) is 0 Å². The van der Waals surface area contributed by atoms with Gasteiger partial charge in [0.05, 0.1) is 0 Å². The summed E-state index contributed by atoms with van der Waals surface area (Å²) in [7, 11) is 0. The van der Waals surface area contributed by atoms with Gasteiger partial charge >= 0.3 is 0 Å². The predicted molar refractivity (Wildman–Crippen MR) is 56.7 cm³/mol. The zero-order valence-corrected chi connectivity index (χ0v) is 8.46. The van der Waals surface area contributed by atoms with E-state index in [2.05, 4.69) is 20.4 Å². The van der Waals surface area contributed by atoms with E-state index in [-0.39, 0.29) is 0 Å². The normalized spacial score (nSPS) is 10.5. The Morgan fingerprint density at radius 1 is 1.38 bits per heavy atom. The average Bonchev–Trinajstić information content (AvgIpc) is 2.03. The van der Waals surface area contributed by atoms with Gasteiger partial charge < -0.3 is 5.11 Å². The molecule has 0 atom stereocenters. The molecule has 0 aliphatic heterocycles. The fourth-order valence-electron chi connectivity index (χ4n) is 1.22. The molecular formula is C12H16O. The molecule has 0 saturated carbocycles. The van der Waals surface area contributed by atoms with Crippen LogP contribution in [-0.4, -0.2) is 5.11 Å². The van der Waals surface area contributed by atoms with E-state index in [0.717, 1.165) is 16.7 Å². The van der Waals surface area contributed by atoms with Crippen LogP contribution in [0.1, 0.15) is 25.0 Å². The summed E-state index contributed by atoms with van der Waals surface area (Å²) in [6, 6.07) is 5.68. The Balaban J connectivity index is 3.09. The van der Waals surface area contributed by atoms with E-state index in [0.29, 0.717) is 11.7 Å². The van der Waals surface area contributed by atoms with Crippen LogP contribution in [0.5, 0.6) is 5.75 Å². The third kappa shape index (κ3) is 2.11. The summed E-state index contributed by atoms with van der Waals surface area (Å²) in [6.07, 6.45) is 0. The molecule has 1 nitrogen and oxygen atoms in total. The minimum absolute atomic E-state index is 0.332. The number of benzene rings is 1. The van der Waals surface area contributed by atoms with Crippen molar-refractivity contribution in [2.45, 2.75) is 20.8 Å². The van der Waals surface area contributed by atoms with Crippen molar-refractivity contribution >= 4 is 5.57 Å². The second-order valence-electron chi connectivity index (χ2n) is 3.70. The van der Waals surface area contributed by atoms with Gasteiger partial charge in [0.25, 0.3) is 0 Å². The maximum absolute atomic E-state index is 9.65. The van der Waals surface area contributed by atoms with Crippen LogP contribution < -0.4 is 0 Å². The number of hydrogen-bond acceptors (Lipinski definition) is 1. The molecule has 0 heterocycles. The summed E-state index contributed by atoms with van der Waals surface area (Å²) in [5.41, 5.74) is 2.91. The topological polar surface area (TPSA) is 20.2 Å². The largest absolute Gasteiger partial charge is 0.507 e. The molecular weight excluding hydrogens is 160 g/mol. The van der Waals surface area contributed by atoms with Gasteiger partial charge in [-0.25, -0.2) is 0 Å². The smallest absolute Gasteiger partial charge is 0.123 e. The van der Waals surface area contributed by atoms with Crippen molar-refractivity contribution in [1.29, 1.82) is 0 Å². The molecule has 0 aliphatic carbocycles. The minimum atomic E-state index is 0.332. The fourth-order valence-corrected chi connectivity index (χ4v) is 1.22. The molecule has 0 spiro atoms. The van der Waals surface area contributed by atoms with Crippen LogP contribution in [0.3, 0.4) is 0 Å². The summed E-state index contributed by atoms with van der Waals surface area (Å²) in [4.78, 5) is 0. The van der Waals surface area contributed by atoms with Crippen molar-refractivity contribution in [3.8, 4) is 5.75 Å². The molecule has 0 unspecified atom stereocenters. The number of aromatic hydroxyl groups is 1. The van der Waals surface area contributed by atoms with E-state index in [9.17, 15) is 5.11 Å². The molecule has 0 aliphatic rings. The fraction of sp³-hybridized carbons (Fsp3) is 0.333. The third-order valence-corrected chi connectivity index (χ3v) is 2.20. The lowest BCUT2D eigenvalue weighted by Gasteiger charge is -2.11. The maximum atomic E-state index is 9.65. The minimum Gasteiger partial charge on any atom is -0.507 e. The standard InChI is InChI=1S/C12H16O/c1-8(2)10(4)11-6-5-9(3)7-12(11)13/h5-8,13H,4H2,1-3H3. The zero-order valence-electron chi connectivity index (χ0n) is 8.46.